The molecule has 0 amide bonds. The minimum absolute atomic E-state index is 0. The highest BCUT2D eigenvalue weighted by Gasteiger charge is 2.24. The number of likely N-dealkylation sites (tertiary alicyclic amines) is 1. The third-order valence-electron chi connectivity index (χ3n) is 3.90. The molecule has 24 heavy (non-hydrogen) atoms. The number of methoxy groups -OCH3 is 1. The van der Waals surface area contributed by atoms with Gasteiger partial charge in [0, 0.05) is 44.1 Å². The van der Waals surface area contributed by atoms with Gasteiger partial charge in [-0.1, -0.05) is 18.2 Å². The van der Waals surface area contributed by atoms with Crippen molar-refractivity contribution in [3.8, 4) is 0 Å². The molecule has 1 fully saturated rings. The van der Waals surface area contributed by atoms with Crippen LogP contribution >= 0.6 is 35.7 Å². The Morgan fingerprint density at radius 1 is 1.38 bits per heavy atom. The second-order valence-corrected chi connectivity index (χ2v) is 6.98. The maximum Gasteiger partial charge on any atom is 0.193 e. The maximum atomic E-state index is 5.28. The molecule has 1 N–H and O–H groups in total. The number of aliphatic imine (C=N–C) groups is 1. The van der Waals surface area contributed by atoms with Crippen LogP contribution in [-0.4, -0.2) is 56.5 Å². The molecule has 0 bridgehead atoms. The van der Waals surface area contributed by atoms with Gasteiger partial charge in [0.1, 0.15) is 0 Å². The van der Waals surface area contributed by atoms with Gasteiger partial charge in [0.2, 0.25) is 0 Å². The number of halogens is 1. The number of hydrogen-bond acceptors (Lipinski definition) is 3. The second-order valence-electron chi connectivity index (χ2n) is 5.81. The molecule has 1 aromatic carbocycles. The Morgan fingerprint density at radius 3 is 2.88 bits per heavy atom. The molecule has 0 radical (unpaired) electrons. The lowest BCUT2D eigenvalue weighted by atomic mass is 10.1. The van der Waals surface area contributed by atoms with Gasteiger partial charge in [0.25, 0.3) is 0 Å². The van der Waals surface area contributed by atoms with Crippen LogP contribution in [0.25, 0.3) is 0 Å². The number of ether oxygens (including phenoxy) is 1. The standard InChI is InChI=1S/C18H29N3OS.HI/c1-3-19-18(21-12-10-16(14-21)15-22-2)20-11-7-13-23-17-8-5-4-6-9-17;/h4-6,8-9,16H,3,7,10-15H2,1-2H3,(H,19,20);1H. The van der Waals surface area contributed by atoms with Crippen molar-refractivity contribution in [3.05, 3.63) is 30.3 Å². The van der Waals surface area contributed by atoms with Crippen molar-refractivity contribution in [2.75, 3.05) is 45.6 Å². The molecule has 2 rings (SSSR count). The molecule has 1 aromatic rings. The third-order valence-corrected chi connectivity index (χ3v) is 5.00. The van der Waals surface area contributed by atoms with Gasteiger partial charge in [0.15, 0.2) is 5.96 Å². The molecule has 0 spiro atoms. The Balaban J connectivity index is 0.00000288. The highest BCUT2D eigenvalue weighted by atomic mass is 127. The summed E-state index contributed by atoms with van der Waals surface area (Å²) in [5.74, 6) is 2.81. The third kappa shape index (κ3) is 7.61. The quantitative estimate of drug-likeness (QED) is 0.210. The fourth-order valence-corrected chi connectivity index (χ4v) is 3.64. The summed E-state index contributed by atoms with van der Waals surface area (Å²) in [5.41, 5.74) is 0. The van der Waals surface area contributed by atoms with E-state index in [0.717, 1.165) is 50.9 Å². The second kappa shape index (κ2) is 12.8. The van der Waals surface area contributed by atoms with E-state index in [9.17, 15) is 0 Å². The first-order valence-corrected chi connectivity index (χ1v) is 9.52. The first-order valence-electron chi connectivity index (χ1n) is 8.53. The summed E-state index contributed by atoms with van der Waals surface area (Å²) in [5, 5.41) is 3.42. The number of rotatable bonds is 8. The topological polar surface area (TPSA) is 36.9 Å². The Morgan fingerprint density at radius 2 is 2.17 bits per heavy atom. The van der Waals surface area contributed by atoms with Gasteiger partial charge in [-0.15, -0.1) is 35.7 Å². The normalized spacial score (nSPS) is 17.7. The van der Waals surface area contributed by atoms with Gasteiger partial charge in [-0.25, -0.2) is 0 Å². The molecule has 0 aromatic heterocycles. The van der Waals surface area contributed by atoms with Gasteiger partial charge in [-0.05, 0) is 37.7 Å². The first-order chi connectivity index (χ1) is 11.3. The van der Waals surface area contributed by atoms with E-state index >= 15 is 0 Å². The summed E-state index contributed by atoms with van der Waals surface area (Å²) in [6.45, 7) is 6.92. The fourth-order valence-electron chi connectivity index (χ4n) is 2.78. The minimum atomic E-state index is 0. The summed E-state index contributed by atoms with van der Waals surface area (Å²) >= 11 is 1.90. The molecule has 0 aliphatic carbocycles. The van der Waals surface area contributed by atoms with E-state index in [1.54, 1.807) is 7.11 Å². The van der Waals surface area contributed by atoms with Crippen molar-refractivity contribution in [1.82, 2.24) is 10.2 Å². The summed E-state index contributed by atoms with van der Waals surface area (Å²) in [7, 11) is 1.78. The molecule has 1 atom stereocenters. The van der Waals surface area contributed by atoms with E-state index < -0.39 is 0 Å². The number of nitrogens with one attached hydrogen (secondary N) is 1. The van der Waals surface area contributed by atoms with Gasteiger partial charge in [0.05, 0.1) is 6.61 Å². The van der Waals surface area contributed by atoms with E-state index in [1.165, 1.54) is 11.3 Å². The number of benzene rings is 1. The monoisotopic (exact) mass is 463 g/mol. The van der Waals surface area contributed by atoms with Crippen LogP contribution in [0.15, 0.2) is 40.2 Å². The summed E-state index contributed by atoms with van der Waals surface area (Å²) in [6, 6.07) is 10.6. The molecule has 0 saturated carbocycles. The Kier molecular flexibility index (Phi) is 11.5. The van der Waals surface area contributed by atoms with E-state index in [4.69, 9.17) is 9.73 Å². The summed E-state index contributed by atoms with van der Waals surface area (Å²) in [6.07, 6.45) is 2.30. The zero-order valence-corrected chi connectivity index (χ0v) is 17.9. The lowest BCUT2D eigenvalue weighted by Gasteiger charge is -2.21. The van der Waals surface area contributed by atoms with Crippen LogP contribution in [-0.2, 0) is 4.74 Å². The van der Waals surface area contributed by atoms with Gasteiger partial charge >= 0.3 is 0 Å². The Bertz CT molecular complexity index is 473. The Hall–Kier alpha value is -0.470. The van der Waals surface area contributed by atoms with Crippen molar-refractivity contribution in [2.24, 2.45) is 10.9 Å². The van der Waals surface area contributed by atoms with Gasteiger partial charge < -0.3 is 15.0 Å². The number of guanidine groups is 1. The number of nitrogens with zero attached hydrogens (tertiary/aromatic N) is 2. The van der Waals surface area contributed by atoms with Crippen LogP contribution in [0.3, 0.4) is 0 Å². The molecular formula is C18H30IN3OS. The first kappa shape index (κ1) is 21.6. The van der Waals surface area contributed by atoms with Crippen molar-refractivity contribution in [1.29, 1.82) is 0 Å². The van der Waals surface area contributed by atoms with E-state index in [-0.39, 0.29) is 24.0 Å². The molecule has 1 aliphatic heterocycles. The highest BCUT2D eigenvalue weighted by Crippen LogP contribution is 2.18. The van der Waals surface area contributed by atoms with Crippen molar-refractivity contribution >= 4 is 41.7 Å². The van der Waals surface area contributed by atoms with Crippen molar-refractivity contribution in [3.63, 3.8) is 0 Å². The van der Waals surface area contributed by atoms with E-state index in [2.05, 4.69) is 47.5 Å². The molecule has 1 saturated heterocycles. The van der Waals surface area contributed by atoms with Crippen LogP contribution in [0.4, 0.5) is 0 Å². The summed E-state index contributed by atoms with van der Waals surface area (Å²) < 4.78 is 5.28. The Labute approximate surface area is 167 Å². The number of hydrogen-bond donors (Lipinski definition) is 1. The largest absolute Gasteiger partial charge is 0.384 e. The van der Waals surface area contributed by atoms with E-state index in [0.29, 0.717) is 5.92 Å². The average Bonchev–Trinajstić information content (AvgIpc) is 3.03. The van der Waals surface area contributed by atoms with Crippen LogP contribution in [0.1, 0.15) is 19.8 Å². The minimum Gasteiger partial charge on any atom is -0.384 e. The highest BCUT2D eigenvalue weighted by molar-refractivity contribution is 14.0. The lowest BCUT2D eigenvalue weighted by Crippen LogP contribution is -2.40. The molecular weight excluding hydrogens is 433 g/mol. The molecule has 1 heterocycles. The van der Waals surface area contributed by atoms with Crippen LogP contribution in [0.2, 0.25) is 0 Å². The predicted molar refractivity (Wildman–Crippen MR) is 115 cm³/mol. The zero-order chi connectivity index (χ0) is 16.3. The summed E-state index contributed by atoms with van der Waals surface area (Å²) in [4.78, 5) is 8.51. The zero-order valence-electron chi connectivity index (χ0n) is 14.7. The SMILES string of the molecule is CCNC(=NCCCSc1ccccc1)N1CCC(COC)C1.I. The molecule has 6 heteroatoms. The van der Waals surface area contributed by atoms with Crippen LogP contribution in [0, 0.1) is 5.92 Å². The van der Waals surface area contributed by atoms with E-state index in [1.807, 2.05) is 11.8 Å². The average molecular weight is 463 g/mol. The van der Waals surface area contributed by atoms with Gasteiger partial charge in [-0.2, -0.15) is 0 Å². The molecule has 136 valence electrons. The molecule has 1 aliphatic rings. The van der Waals surface area contributed by atoms with Crippen molar-refractivity contribution < 1.29 is 4.74 Å². The maximum absolute atomic E-state index is 5.28. The lowest BCUT2D eigenvalue weighted by molar-refractivity contribution is 0.157. The van der Waals surface area contributed by atoms with Gasteiger partial charge in [-0.3, -0.25) is 4.99 Å². The van der Waals surface area contributed by atoms with Crippen LogP contribution in [0.5, 0.6) is 0 Å². The molecule has 1 unspecified atom stereocenters. The molecule has 4 nitrogen and oxygen atoms in total. The van der Waals surface area contributed by atoms with Crippen molar-refractivity contribution in [2.45, 2.75) is 24.7 Å². The smallest absolute Gasteiger partial charge is 0.193 e. The fraction of sp³-hybridized carbons (Fsp3) is 0.611. The predicted octanol–water partition coefficient (Wildman–Crippen LogP) is 3.72. The van der Waals surface area contributed by atoms with Crippen LogP contribution < -0.4 is 5.32 Å². The number of thioether (sulfide) groups is 1.